The first-order chi connectivity index (χ1) is 12.5. The van der Waals surface area contributed by atoms with Gasteiger partial charge in [0, 0.05) is 44.1 Å². The zero-order chi connectivity index (χ0) is 18.3. The van der Waals surface area contributed by atoms with Crippen molar-refractivity contribution in [1.82, 2.24) is 19.7 Å². The summed E-state index contributed by atoms with van der Waals surface area (Å²) < 4.78 is 1.80. The van der Waals surface area contributed by atoms with Crippen molar-refractivity contribution in [2.45, 2.75) is 0 Å². The van der Waals surface area contributed by atoms with Crippen molar-refractivity contribution in [3.8, 4) is 0 Å². The molecular formula is C18H18BrN5O2. The topological polar surface area (TPSA) is 74.2 Å². The van der Waals surface area contributed by atoms with Gasteiger partial charge in [-0.3, -0.25) is 9.59 Å². The minimum absolute atomic E-state index is 0.00187. The maximum Gasteiger partial charge on any atom is 0.282 e. The molecule has 7 nitrogen and oxygen atoms in total. The van der Waals surface area contributed by atoms with Gasteiger partial charge in [0.2, 0.25) is 0 Å². The molecule has 0 bridgehead atoms. The van der Waals surface area contributed by atoms with Crippen LogP contribution in [0.25, 0.3) is 10.9 Å². The Balaban J connectivity index is 1.49. The van der Waals surface area contributed by atoms with E-state index in [1.807, 2.05) is 35.2 Å². The molecule has 4 rings (SSSR count). The number of rotatable bonds is 2. The van der Waals surface area contributed by atoms with E-state index >= 15 is 0 Å². The first kappa shape index (κ1) is 16.8. The van der Waals surface area contributed by atoms with Gasteiger partial charge >= 0.3 is 0 Å². The lowest BCUT2D eigenvalue weighted by Crippen LogP contribution is -2.49. The van der Waals surface area contributed by atoms with E-state index < -0.39 is 0 Å². The van der Waals surface area contributed by atoms with Gasteiger partial charge in [-0.15, -0.1) is 0 Å². The molecule has 0 unspecified atom stereocenters. The van der Waals surface area contributed by atoms with Crippen LogP contribution >= 0.6 is 15.9 Å². The van der Waals surface area contributed by atoms with E-state index in [4.69, 9.17) is 0 Å². The number of para-hydroxylation sites is 1. The Hall–Kier alpha value is -2.61. The number of halogens is 1. The van der Waals surface area contributed by atoms with Crippen LogP contribution in [0.5, 0.6) is 0 Å². The van der Waals surface area contributed by atoms with E-state index in [0.29, 0.717) is 36.3 Å². The summed E-state index contributed by atoms with van der Waals surface area (Å²) in [6.45, 7) is 2.49. The smallest absolute Gasteiger partial charge is 0.282 e. The van der Waals surface area contributed by atoms with Crippen LogP contribution in [0.15, 0.2) is 45.8 Å². The normalized spacial score (nSPS) is 14.8. The van der Waals surface area contributed by atoms with Crippen molar-refractivity contribution < 1.29 is 4.79 Å². The molecule has 0 radical (unpaired) electrons. The highest BCUT2D eigenvalue weighted by Crippen LogP contribution is 2.23. The van der Waals surface area contributed by atoms with Crippen LogP contribution in [0.4, 0.5) is 5.69 Å². The van der Waals surface area contributed by atoms with Crippen LogP contribution in [0, 0.1) is 0 Å². The summed E-state index contributed by atoms with van der Waals surface area (Å²) in [5, 5.41) is 5.12. The summed E-state index contributed by atoms with van der Waals surface area (Å²) in [7, 11) is 1.62. The molecule has 8 heteroatoms. The number of fused-ring (bicyclic) bond motifs is 1. The second-order valence-corrected chi connectivity index (χ2v) is 7.12. The molecule has 1 amide bonds. The number of aromatic nitrogens is 3. The van der Waals surface area contributed by atoms with E-state index in [1.54, 1.807) is 13.2 Å². The molecule has 1 aliphatic rings. The highest BCUT2D eigenvalue weighted by atomic mass is 79.9. The fourth-order valence-corrected chi connectivity index (χ4v) is 3.84. The third kappa shape index (κ3) is 2.90. The summed E-state index contributed by atoms with van der Waals surface area (Å²) in [4.78, 5) is 31.9. The molecule has 0 saturated carbocycles. The number of carbonyl (C=O) groups is 1. The van der Waals surface area contributed by atoms with E-state index in [1.165, 1.54) is 4.68 Å². The molecule has 0 atom stereocenters. The van der Waals surface area contributed by atoms with Crippen LogP contribution in [0.1, 0.15) is 10.5 Å². The highest BCUT2D eigenvalue weighted by molar-refractivity contribution is 9.10. The summed E-state index contributed by atoms with van der Waals surface area (Å²) in [6, 6.07) is 9.75. The number of H-pyrrole nitrogens is 1. The Labute approximate surface area is 158 Å². The van der Waals surface area contributed by atoms with Crippen molar-refractivity contribution >= 4 is 38.4 Å². The number of hydrogen-bond acceptors (Lipinski definition) is 4. The Bertz CT molecular complexity index is 1000. The lowest BCUT2D eigenvalue weighted by molar-refractivity contribution is 0.0742. The van der Waals surface area contributed by atoms with Crippen LogP contribution in [0.2, 0.25) is 0 Å². The number of amides is 1. The largest absolute Gasteiger partial charge is 0.366 e. The van der Waals surface area contributed by atoms with E-state index in [9.17, 15) is 9.59 Å². The standard InChI is InChI=1S/C18H18BrN5O2/c1-22-18(26)16(19)15(11-20-22)23-6-8-24(9-7-23)17(25)14-10-12-4-2-3-5-13(12)21-14/h2-5,10-11,21H,6-9H2,1H3. The van der Waals surface area contributed by atoms with Gasteiger partial charge in [-0.25, -0.2) is 4.68 Å². The molecule has 1 fully saturated rings. The van der Waals surface area contributed by atoms with Crippen molar-refractivity contribution in [3.63, 3.8) is 0 Å². The fraction of sp³-hybridized carbons (Fsp3) is 0.278. The van der Waals surface area contributed by atoms with Crippen LogP contribution in [-0.4, -0.2) is 51.8 Å². The number of hydrogen-bond donors (Lipinski definition) is 1. The Morgan fingerprint density at radius 3 is 2.65 bits per heavy atom. The number of anilines is 1. The molecule has 1 saturated heterocycles. The Morgan fingerprint density at radius 2 is 1.92 bits per heavy atom. The number of benzene rings is 1. The first-order valence-corrected chi connectivity index (χ1v) is 9.17. The van der Waals surface area contributed by atoms with Gasteiger partial charge < -0.3 is 14.8 Å². The van der Waals surface area contributed by atoms with Gasteiger partial charge in [-0.2, -0.15) is 5.10 Å². The lowest BCUT2D eigenvalue weighted by Gasteiger charge is -2.36. The van der Waals surface area contributed by atoms with Gasteiger partial charge in [-0.1, -0.05) is 18.2 Å². The Kier molecular flexibility index (Phi) is 4.28. The molecule has 3 heterocycles. The molecule has 3 aromatic rings. The number of nitrogens with zero attached hydrogens (tertiary/aromatic N) is 4. The summed E-state index contributed by atoms with van der Waals surface area (Å²) in [5.74, 6) is 0.00187. The van der Waals surface area contributed by atoms with Crippen LogP contribution in [-0.2, 0) is 7.05 Å². The summed E-state index contributed by atoms with van der Waals surface area (Å²) in [6.07, 6.45) is 1.68. The quantitative estimate of drug-likeness (QED) is 0.694. The molecule has 2 aromatic heterocycles. The predicted molar refractivity (Wildman–Crippen MR) is 104 cm³/mol. The highest BCUT2D eigenvalue weighted by Gasteiger charge is 2.25. The number of aryl methyl sites for hydroxylation is 1. The van der Waals surface area contributed by atoms with Crippen molar-refractivity contribution in [3.05, 3.63) is 57.0 Å². The Morgan fingerprint density at radius 1 is 1.19 bits per heavy atom. The minimum Gasteiger partial charge on any atom is -0.366 e. The van der Waals surface area contributed by atoms with Gasteiger partial charge in [0.1, 0.15) is 10.2 Å². The van der Waals surface area contributed by atoms with Crippen molar-refractivity contribution in [2.24, 2.45) is 7.05 Å². The van der Waals surface area contributed by atoms with Crippen molar-refractivity contribution in [2.75, 3.05) is 31.1 Å². The third-order valence-corrected chi connectivity index (χ3v) is 5.47. The molecule has 1 aliphatic heterocycles. The maximum absolute atomic E-state index is 12.8. The average Bonchev–Trinajstić information content (AvgIpc) is 3.10. The van der Waals surface area contributed by atoms with Gasteiger partial charge in [0.15, 0.2) is 0 Å². The second-order valence-electron chi connectivity index (χ2n) is 6.32. The zero-order valence-electron chi connectivity index (χ0n) is 14.3. The number of nitrogens with one attached hydrogen (secondary N) is 1. The van der Waals surface area contributed by atoms with Gasteiger partial charge in [0.05, 0.1) is 11.9 Å². The number of piperazine rings is 1. The van der Waals surface area contributed by atoms with E-state index in [2.05, 4.69) is 30.9 Å². The van der Waals surface area contributed by atoms with Gasteiger partial charge in [-0.05, 0) is 28.1 Å². The molecule has 0 spiro atoms. The monoisotopic (exact) mass is 415 g/mol. The van der Waals surface area contributed by atoms with Crippen LogP contribution < -0.4 is 10.5 Å². The fourth-order valence-electron chi connectivity index (χ4n) is 3.23. The molecule has 134 valence electrons. The summed E-state index contributed by atoms with van der Waals surface area (Å²) >= 11 is 3.37. The van der Waals surface area contributed by atoms with E-state index in [0.717, 1.165) is 16.6 Å². The van der Waals surface area contributed by atoms with Gasteiger partial charge in [0.25, 0.3) is 11.5 Å². The van der Waals surface area contributed by atoms with Crippen LogP contribution in [0.3, 0.4) is 0 Å². The molecule has 1 aromatic carbocycles. The number of carbonyl (C=O) groups excluding carboxylic acids is 1. The SMILES string of the molecule is Cn1ncc(N2CCN(C(=O)c3cc4ccccc4[nH]3)CC2)c(Br)c1=O. The zero-order valence-corrected chi connectivity index (χ0v) is 15.9. The number of aromatic amines is 1. The molecule has 1 N–H and O–H groups in total. The predicted octanol–water partition coefficient (Wildman–Crippen LogP) is 1.99. The van der Waals surface area contributed by atoms with Crippen molar-refractivity contribution in [1.29, 1.82) is 0 Å². The summed E-state index contributed by atoms with van der Waals surface area (Å²) in [5.41, 5.74) is 2.17. The third-order valence-electron chi connectivity index (χ3n) is 4.73. The average molecular weight is 416 g/mol. The molecular weight excluding hydrogens is 398 g/mol. The maximum atomic E-state index is 12.8. The minimum atomic E-state index is -0.168. The van der Waals surface area contributed by atoms with E-state index in [-0.39, 0.29) is 11.5 Å². The second kappa shape index (κ2) is 6.60. The molecule has 0 aliphatic carbocycles. The first-order valence-electron chi connectivity index (χ1n) is 8.38. The molecule has 26 heavy (non-hydrogen) atoms. The lowest BCUT2D eigenvalue weighted by atomic mass is 10.2.